The fraction of sp³-hybridized carbons (Fsp3) is 0.400. The van der Waals surface area contributed by atoms with E-state index < -0.39 is 0 Å². The summed E-state index contributed by atoms with van der Waals surface area (Å²) in [4.78, 5) is 16.5. The number of hydrogen-bond donors (Lipinski definition) is 3. The van der Waals surface area contributed by atoms with Crippen molar-refractivity contribution < 1.29 is 23.4 Å². The second kappa shape index (κ2) is 13.6. The lowest BCUT2D eigenvalue weighted by Gasteiger charge is -2.14. The number of halogens is 1. The SMILES string of the molecule is CCNC(=NCc1cc(OC)c(OC)c(OC)c1)NCC(=O)NCc1ccco1.I. The minimum Gasteiger partial charge on any atom is -0.493 e. The molecule has 0 radical (unpaired) electrons. The first-order chi connectivity index (χ1) is 14.1. The van der Waals surface area contributed by atoms with Gasteiger partial charge in [-0.05, 0) is 36.8 Å². The van der Waals surface area contributed by atoms with E-state index in [4.69, 9.17) is 18.6 Å². The van der Waals surface area contributed by atoms with Crippen molar-refractivity contribution in [1.82, 2.24) is 16.0 Å². The summed E-state index contributed by atoms with van der Waals surface area (Å²) in [5.41, 5.74) is 0.874. The third kappa shape index (κ3) is 7.65. The molecule has 10 heteroatoms. The Kier molecular flexibility index (Phi) is 11.5. The molecular formula is C20H29IN4O5. The second-order valence-electron chi connectivity index (χ2n) is 5.94. The van der Waals surface area contributed by atoms with Gasteiger partial charge in [-0.15, -0.1) is 24.0 Å². The lowest BCUT2D eigenvalue weighted by atomic mass is 10.2. The standard InChI is InChI=1S/C20H28N4O5.HI/c1-5-21-20(24-13-18(25)22-12-15-7-6-8-29-15)23-11-14-9-16(26-2)19(28-4)17(10-14)27-3;/h6-10H,5,11-13H2,1-4H3,(H,22,25)(H2,21,23,24);1H. The minimum absolute atomic E-state index is 0. The smallest absolute Gasteiger partial charge is 0.239 e. The van der Waals surface area contributed by atoms with Crippen molar-refractivity contribution in [2.45, 2.75) is 20.0 Å². The second-order valence-corrected chi connectivity index (χ2v) is 5.94. The van der Waals surface area contributed by atoms with Crippen molar-refractivity contribution in [2.24, 2.45) is 4.99 Å². The van der Waals surface area contributed by atoms with E-state index in [1.54, 1.807) is 39.7 Å². The van der Waals surface area contributed by atoms with Crippen LogP contribution in [0.25, 0.3) is 0 Å². The average Bonchev–Trinajstić information content (AvgIpc) is 3.26. The Hall–Kier alpha value is -2.63. The first-order valence-corrected chi connectivity index (χ1v) is 9.21. The van der Waals surface area contributed by atoms with Crippen molar-refractivity contribution in [2.75, 3.05) is 34.4 Å². The summed E-state index contributed by atoms with van der Waals surface area (Å²) >= 11 is 0. The van der Waals surface area contributed by atoms with Gasteiger partial charge in [0.2, 0.25) is 11.7 Å². The number of amides is 1. The van der Waals surface area contributed by atoms with Gasteiger partial charge in [0.25, 0.3) is 0 Å². The van der Waals surface area contributed by atoms with Crippen LogP contribution in [0, 0.1) is 0 Å². The van der Waals surface area contributed by atoms with Gasteiger partial charge in [-0.25, -0.2) is 4.99 Å². The number of methoxy groups -OCH3 is 3. The Morgan fingerprint density at radius 3 is 2.30 bits per heavy atom. The van der Waals surface area contributed by atoms with Gasteiger partial charge in [0, 0.05) is 6.54 Å². The Morgan fingerprint density at radius 2 is 1.77 bits per heavy atom. The molecule has 30 heavy (non-hydrogen) atoms. The summed E-state index contributed by atoms with van der Waals surface area (Å²) in [6.07, 6.45) is 1.57. The quantitative estimate of drug-likeness (QED) is 0.245. The molecule has 0 bridgehead atoms. The van der Waals surface area contributed by atoms with Crippen LogP contribution in [0.4, 0.5) is 0 Å². The van der Waals surface area contributed by atoms with Gasteiger partial charge < -0.3 is 34.6 Å². The molecule has 1 heterocycles. The van der Waals surface area contributed by atoms with E-state index in [0.29, 0.717) is 48.6 Å². The van der Waals surface area contributed by atoms with Crippen LogP contribution >= 0.6 is 24.0 Å². The first kappa shape index (κ1) is 25.4. The molecule has 0 aliphatic heterocycles. The summed E-state index contributed by atoms with van der Waals surface area (Å²) in [7, 11) is 4.69. The number of nitrogens with zero attached hydrogens (tertiary/aromatic N) is 1. The molecule has 166 valence electrons. The number of rotatable bonds is 10. The maximum atomic E-state index is 12.0. The van der Waals surface area contributed by atoms with E-state index in [2.05, 4.69) is 20.9 Å². The van der Waals surface area contributed by atoms with Crippen molar-refractivity contribution in [3.8, 4) is 17.2 Å². The van der Waals surface area contributed by atoms with Gasteiger partial charge in [0.1, 0.15) is 5.76 Å². The summed E-state index contributed by atoms with van der Waals surface area (Å²) in [6.45, 7) is 3.40. The zero-order valence-electron chi connectivity index (χ0n) is 17.6. The number of carbonyl (C=O) groups is 1. The molecule has 0 atom stereocenters. The molecule has 0 aliphatic rings. The average molecular weight is 532 g/mol. The Morgan fingerprint density at radius 1 is 1.07 bits per heavy atom. The zero-order valence-corrected chi connectivity index (χ0v) is 19.9. The lowest BCUT2D eigenvalue weighted by Crippen LogP contribution is -2.43. The molecule has 0 spiro atoms. The van der Waals surface area contributed by atoms with Gasteiger partial charge in [-0.2, -0.15) is 0 Å². The summed E-state index contributed by atoms with van der Waals surface area (Å²) in [5.74, 6) is 2.70. The highest BCUT2D eigenvalue weighted by Crippen LogP contribution is 2.38. The third-order valence-corrected chi connectivity index (χ3v) is 3.94. The zero-order chi connectivity index (χ0) is 21.1. The van der Waals surface area contributed by atoms with E-state index in [-0.39, 0.29) is 36.4 Å². The monoisotopic (exact) mass is 532 g/mol. The molecule has 2 aromatic rings. The summed E-state index contributed by atoms with van der Waals surface area (Å²) in [5, 5.41) is 8.89. The molecular weight excluding hydrogens is 503 g/mol. The summed E-state index contributed by atoms with van der Waals surface area (Å²) < 4.78 is 21.2. The van der Waals surface area contributed by atoms with Crippen LogP contribution in [0.1, 0.15) is 18.2 Å². The van der Waals surface area contributed by atoms with Gasteiger partial charge in [0.15, 0.2) is 17.5 Å². The normalized spacial score (nSPS) is 10.6. The number of carbonyl (C=O) groups excluding carboxylic acids is 1. The van der Waals surface area contributed by atoms with Gasteiger partial charge >= 0.3 is 0 Å². The molecule has 0 fully saturated rings. The molecule has 3 N–H and O–H groups in total. The van der Waals surface area contributed by atoms with Gasteiger partial charge in [-0.3, -0.25) is 4.79 Å². The molecule has 1 amide bonds. The van der Waals surface area contributed by atoms with E-state index in [1.165, 1.54) is 0 Å². The molecule has 0 saturated heterocycles. The molecule has 1 aromatic carbocycles. The lowest BCUT2D eigenvalue weighted by molar-refractivity contribution is -0.120. The minimum atomic E-state index is -0.167. The largest absolute Gasteiger partial charge is 0.493 e. The number of aliphatic imine (C=N–C) groups is 1. The maximum absolute atomic E-state index is 12.0. The molecule has 1 aromatic heterocycles. The van der Waals surface area contributed by atoms with Gasteiger partial charge in [0.05, 0.1) is 47.2 Å². The maximum Gasteiger partial charge on any atom is 0.239 e. The van der Waals surface area contributed by atoms with Crippen LogP contribution in [-0.2, 0) is 17.9 Å². The van der Waals surface area contributed by atoms with E-state index in [9.17, 15) is 4.79 Å². The highest BCUT2D eigenvalue weighted by Gasteiger charge is 2.13. The van der Waals surface area contributed by atoms with Crippen LogP contribution in [0.5, 0.6) is 17.2 Å². The number of guanidine groups is 1. The molecule has 0 unspecified atom stereocenters. The fourth-order valence-corrected chi connectivity index (χ4v) is 2.56. The summed E-state index contributed by atoms with van der Waals surface area (Å²) in [6, 6.07) is 7.25. The topological polar surface area (TPSA) is 106 Å². The molecule has 2 rings (SSSR count). The van der Waals surface area contributed by atoms with Crippen LogP contribution in [-0.4, -0.2) is 46.3 Å². The van der Waals surface area contributed by atoms with E-state index >= 15 is 0 Å². The predicted molar refractivity (Wildman–Crippen MR) is 125 cm³/mol. The Balaban J connectivity index is 0.00000450. The third-order valence-electron chi connectivity index (χ3n) is 3.94. The number of hydrogen-bond acceptors (Lipinski definition) is 6. The highest BCUT2D eigenvalue weighted by atomic mass is 127. The van der Waals surface area contributed by atoms with Crippen LogP contribution in [0.3, 0.4) is 0 Å². The molecule has 0 saturated carbocycles. The van der Waals surface area contributed by atoms with Crippen molar-refractivity contribution in [1.29, 1.82) is 0 Å². The Labute approximate surface area is 193 Å². The Bertz CT molecular complexity index is 787. The number of benzene rings is 1. The van der Waals surface area contributed by atoms with Gasteiger partial charge in [-0.1, -0.05) is 0 Å². The number of ether oxygens (including phenoxy) is 3. The first-order valence-electron chi connectivity index (χ1n) is 9.21. The molecule has 0 aliphatic carbocycles. The van der Waals surface area contributed by atoms with Crippen LogP contribution in [0.2, 0.25) is 0 Å². The van der Waals surface area contributed by atoms with Crippen molar-refractivity contribution in [3.05, 3.63) is 41.9 Å². The van der Waals surface area contributed by atoms with E-state index in [0.717, 1.165) is 5.56 Å². The van der Waals surface area contributed by atoms with Crippen molar-refractivity contribution in [3.63, 3.8) is 0 Å². The number of furan rings is 1. The van der Waals surface area contributed by atoms with Crippen LogP contribution < -0.4 is 30.2 Å². The molecule has 9 nitrogen and oxygen atoms in total. The van der Waals surface area contributed by atoms with Crippen LogP contribution in [0.15, 0.2) is 39.9 Å². The number of nitrogens with one attached hydrogen (secondary N) is 3. The highest BCUT2D eigenvalue weighted by molar-refractivity contribution is 14.0. The van der Waals surface area contributed by atoms with E-state index in [1.807, 2.05) is 19.1 Å². The van der Waals surface area contributed by atoms with Crippen molar-refractivity contribution >= 4 is 35.8 Å². The predicted octanol–water partition coefficient (Wildman–Crippen LogP) is 2.29. The fourth-order valence-electron chi connectivity index (χ4n) is 2.56.